The molecule has 1 heterocycles. The molecular formula is C25H26ClFN2O. The highest BCUT2D eigenvalue weighted by molar-refractivity contribution is 6.33. The Morgan fingerprint density at radius 3 is 2.50 bits per heavy atom. The third kappa shape index (κ3) is 4.77. The Bertz CT molecular complexity index is 1000. The Hall–Kier alpha value is -2.56. The molecule has 0 radical (unpaired) electrons. The van der Waals surface area contributed by atoms with Crippen molar-refractivity contribution in [1.82, 2.24) is 10.2 Å². The SMILES string of the molecule is C/C=C\C(CC)(COCc1ccccc1)c1nnc(-c2c(F)cccc2Cl)cc1C. The number of nitrogens with zero attached hydrogens (tertiary/aromatic N) is 2. The maximum Gasteiger partial charge on any atom is 0.134 e. The first-order valence-electron chi connectivity index (χ1n) is 10.1. The van der Waals surface area contributed by atoms with E-state index in [1.54, 1.807) is 12.1 Å². The summed E-state index contributed by atoms with van der Waals surface area (Å²) in [7, 11) is 0. The minimum absolute atomic E-state index is 0.273. The molecule has 1 aromatic heterocycles. The Morgan fingerprint density at radius 2 is 1.87 bits per heavy atom. The van der Waals surface area contributed by atoms with Crippen LogP contribution in [-0.4, -0.2) is 16.8 Å². The van der Waals surface area contributed by atoms with Crippen molar-refractivity contribution < 1.29 is 9.13 Å². The summed E-state index contributed by atoms with van der Waals surface area (Å²) in [6, 6.07) is 16.5. The van der Waals surface area contributed by atoms with Crippen molar-refractivity contribution in [2.75, 3.05) is 6.61 Å². The lowest BCUT2D eigenvalue weighted by atomic mass is 9.80. The van der Waals surface area contributed by atoms with Crippen LogP contribution in [0, 0.1) is 12.7 Å². The van der Waals surface area contributed by atoms with Crippen LogP contribution in [0.15, 0.2) is 66.7 Å². The van der Waals surface area contributed by atoms with Crippen LogP contribution in [0.4, 0.5) is 4.39 Å². The summed E-state index contributed by atoms with van der Waals surface area (Å²) in [5.74, 6) is -0.412. The Balaban J connectivity index is 1.92. The van der Waals surface area contributed by atoms with Crippen molar-refractivity contribution in [3.8, 4) is 11.3 Å². The van der Waals surface area contributed by atoms with Crippen molar-refractivity contribution in [3.05, 3.63) is 94.4 Å². The van der Waals surface area contributed by atoms with E-state index in [0.29, 0.717) is 23.9 Å². The molecule has 2 aromatic carbocycles. The van der Waals surface area contributed by atoms with Crippen LogP contribution < -0.4 is 0 Å². The second-order valence-electron chi connectivity index (χ2n) is 7.35. The molecule has 30 heavy (non-hydrogen) atoms. The van der Waals surface area contributed by atoms with Crippen LogP contribution >= 0.6 is 11.6 Å². The molecule has 0 N–H and O–H groups in total. The number of halogens is 2. The van der Waals surface area contributed by atoms with Crippen molar-refractivity contribution in [2.45, 2.75) is 39.2 Å². The lowest BCUT2D eigenvalue weighted by Crippen LogP contribution is -2.31. The molecule has 0 spiro atoms. The van der Waals surface area contributed by atoms with Gasteiger partial charge in [0.15, 0.2) is 0 Å². The monoisotopic (exact) mass is 424 g/mol. The summed E-state index contributed by atoms with van der Waals surface area (Å²) in [6.45, 7) is 7.05. The Morgan fingerprint density at radius 1 is 1.10 bits per heavy atom. The number of aryl methyl sites for hydroxylation is 1. The van der Waals surface area contributed by atoms with Gasteiger partial charge in [-0.25, -0.2) is 4.39 Å². The number of aromatic nitrogens is 2. The smallest absolute Gasteiger partial charge is 0.134 e. The first-order valence-corrected chi connectivity index (χ1v) is 10.4. The second kappa shape index (κ2) is 9.96. The third-order valence-corrected chi connectivity index (χ3v) is 5.58. The van der Waals surface area contributed by atoms with E-state index >= 15 is 0 Å². The van der Waals surface area contributed by atoms with Crippen molar-refractivity contribution in [3.63, 3.8) is 0 Å². The van der Waals surface area contributed by atoms with Gasteiger partial charge in [0, 0.05) is 0 Å². The van der Waals surface area contributed by atoms with E-state index in [1.165, 1.54) is 6.07 Å². The zero-order valence-corrected chi connectivity index (χ0v) is 18.3. The highest BCUT2D eigenvalue weighted by Gasteiger charge is 2.32. The first-order chi connectivity index (χ1) is 14.5. The molecule has 0 aliphatic rings. The zero-order chi connectivity index (χ0) is 21.6. The maximum absolute atomic E-state index is 14.3. The Labute approximate surface area is 182 Å². The molecule has 0 fully saturated rings. The fourth-order valence-electron chi connectivity index (χ4n) is 3.67. The average molecular weight is 425 g/mol. The van der Waals surface area contributed by atoms with E-state index in [9.17, 15) is 4.39 Å². The summed E-state index contributed by atoms with van der Waals surface area (Å²) in [5.41, 5.74) is 3.15. The van der Waals surface area contributed by atoms with Gasteiger partial charge in [0.2, 0.25) is 0 Å². The molecule has 156 valence electrons. The number of hydrogen-bond acceptors (Lipinski definition) is 3. The molecular weight excluding hydrogens is 399 g/mol. The zero-order valence-electron chi connectivity index (χ0n) is 17.5. The van der Waals surface area contributed by atoms with Gasteiger partial charge in [-0.3, -0.25) is 0 Å². The third-order valence-electron chi connectivity index (χ3n) is 5.26. The van der Waals surface area contributed by atoms with Crippen molar-refractivity contribution in [1.29, 1.82) is 0 Å². The van der Waals surface area contributed by atoms with E-state index in [4.69, 9.17) is 16.3 Å². The molecule has 0 bridgehead atoms. The van der Waals surface area contributed by atoms with Gasteiger partial charge in [-0.15, -0.1) is 0 Å². The standard InChI is InChI=1S/C25H26ClFN2O/c1-4-14-25(5-2,17-30-16-19-10-7-6-8-11-19)24-18(3)15-22(28-29-24)23-20(26)12-9-13-21(23)27/h4,6-15H,5,16-17H2,1-3H3/b14-4-. The summed E-state index contributed by atoms with van der Waals surface area (Å²) in [5, 5.41) is 9.17. The first kappa shape index (κ1) is 22.1. The number of rotatable bonds is 8. The minimum Gasteiger partial charge on any atom is -0.375 e. The summed E-state index contributed by atoms with van der Waals surface area (Å²) in [4.78, 5) is 0. The largest absolute Gasteiger partial charge is 0.375 e. The van der Waals surface area contributed by atoms with Gasteiger partial charge in [-0.1, -0.05) is 67.1 Å². The van der Waals surface area contributed by atoms with Gasteiger partial charge >= 0.3 is 0 Å². The molecule has 3 nitrogen and oxygen atoms in total. The molecule has 3 rings (SSSR count). The van der Waals surface area contributed by atoms with E-state index in [2.05, 4.69) is 23.2 Å². The van der Waals surface area contributed by atoms with Gasteiger partial charge in [0.05, 0.1) is 40.6 Å². The van der Waals surface area contributed by atoms with Gasteiger partial charge < -0.3 is 4.74 Å². The molecule has 0 amide bonds. The van der Waals surface area contributed by atoms with Crippen LogP contribution in [0.25, 0.3) is 11.3 Å². The predicted octanol–water partition coefficient (Wildman–Crippen LogP) is 6.69. The van der Waals surface area contributed by atoms with Crippen LogP contribution in [0.1, 0.15) is 37.1 Å². The topological polar surface area (TPSA) is 35.0 Å². The van der Waals surface area contributed by atoms with Crippen LogP contribution in [-0.2, 0) is 16.8 Å². The lowest BCUT2D eigenvalue weighted by molar-refractivity contribution is 0.0825. The molecule has 0 aliphatic carbocycles. The highest BCUT2D eigenvalue weighted by Crippen LogP contribution is 2.34. The van der Waals surface area contributed by atoms with E-state index < -0.39 is 11.2 Å². The molecule has 5 heteroatoms. The minimum atomic E-state index is -0.418. The van der Waals surface area contributed by atoms with Crippen LogP contribution in [0.5, 0.6) is 0 Å². The summed E-state index contributed by atoms with van der Waals surface area (Å²) in [6.07, 6.45) is 4.92. The van der Waals surface area contributed by atoms with Gasteiger partial charge in [0.25, 0.3) is 0 Å². The van der Waals surface area contributed by atoms with Crippen LogP contribution in [0.3, 0.4) is 0 Å². The predicted molar refractivity (Wildman–Crippen MR) is 120 cm³/mol. The normalized spacial score (nSPS) is 13.5. The Kier molecular flexibility index (Phi) is 7.35. The van der Waals surface area contributed by atoms with Crippen molar-refractivity contribution >= 4 is 11.6 Å². The number of hydrogen-bond donors (Lipinski definition) is 0. The second-order valence-corrected chi connectivity index (χ2v) is 7.75. The van der Waals surface area contributed by atoms with E-state index in [0.717, 1.165) is 23.2 Å². The molecule has 0 saturated heterocycles. The highest BCUT2D eigenvalue weighted by atomic mass is 35.5. The molecule has 1 unspecified atom stereocenters. The quantitative estimate of drug-likeness (QED) is 0.378. The van der Waals surface area contributed by atoms with Gasteiger partial charge in [-0.05, 0) is 49.6 Å². The fourth-order valence-corrected chi connectivity index (χ4v) is 3.93. The number of ether oxygens (including phenoxy) is 1. The molecule has 0 saturated carbocycles. The molecule has 0 aliphatic heterocycles. The van der Waals surface area contributed by atoms with E-state index in [-0.39, 0.29) is 5.56 Å². The molecule has 3 aromatic rings. The van der Waals surface area contributed by atoms with Crippen LogP contribution in [0.2, 0.25) is 5.02 Å². The molecule has 1 atom stereocenters. The summed E-state index contributed by atoms with van der Waals surface area (Å²) >= 11 is 6.21. The van der Waals surface area contributed by atoms with Gasteiger partial charge in [0.1, 0.15) is 5.82 Å². The number of allylic oxidation sites excluding steroid dienone is 1. The summed E-state index contributed by atoms with van der Waals surface area (Å²) < 4.78 is 20.4. The van der Waals surface area contributed by atoms with Gasteiger partial charge in [-0.2, -0.15) is 10.2 Å². The average Bonchev–Trinajstić information content (AvgIpc) is 2.74. The number of benzene rings is 2. The van der Waals surface area contributed by atoms with Crippen molar-refractivity contribution in [2.24, 2.45) is 0 Å². The fraction of sp³-hybridized carbons (Fsp3) is 0.280. The maximum atomic E-state index is 14.3. The lowest BCUT2D eigenvalue weighted by Gasteiger charge is -2.30. The van der Waals surface area contributed by atoms with E-state index in [1.807, 2.05) is 56.3 Å².